The van der Waals surface area contributed by atoms with E-state index in [9.17, 15) is 38.7 Å². The molecule has 0 aliphatic heterocycles. The second kappa shape index (κ2) is 19.0. The van der Waals surface area contributed by atoms with Gasteiger partial charge in [-0.3, -0.25) is 19.2 Å². The first-order valence-electron chi connectivity index (χ1n) is 11.2. The van der Waals surface area contributed by atoms with Gasteiger partial charge in [0.1, 0.15) is 37.8 Å². The molecule has 39 heavy (non-hydrogen) atoms. The van der Waals surface area contributed by atoms with E-state index >= 15 is 0 Å². The molecular formula is C21H33N3O13S2. The number of hydrogen-bond acceptors (Lipinski definition) is 15. The number of aliphatic hydroxyl groups excluding tert-OH is 2. The average molecular weight is 600 g/mol. The summed E-state index contributed by atoms with van der Waals surface area (Å²) in [4.78, 5) is 81.2. The normalized spacial score (nSPS) is 11.9. The maximum atomic E-state index is 12.4. The monoisotopic (exact) mass is 599 g/mol. The first kappa shape index (κ1) is 35.9. The molecule has 1 heterocycles. The number of aliphatic hydroxyl groups is 2. The molecular weight excluding hydrogens is 566 g/mol. The molecule has 1 aromatic rings. The van der Waals surface area contributed by atoms with Gasteiger partial charge in [-0.25, -0.2) is 28.1 Å². The topological polar surface area (TPSA) is 212 Å². The summed E-state index contributed by atoms with van der Waals surface area (Å²) in [7, 11) is 6.27. The number of ether oxygens (including phenoxy) is 4. The molecule has 0 aliphatic rings. The van der Waals surface area contributed by atoms with Crippen LogP contribution >= 0.6 is 21.6 Å². The molecule has 0 saturated heterocycles. The smallest absolute Gasteiger partial charge is 0.337 e. The number of carbonyl (C=O) groups excluding carboxylic acids is 4. The fraction of sp³-hybridized carbons (Fsp3) is 0.667. The number of aromatic nitrogens is 3. The van der Waals surface area contributed by atoms with Crippen LogP contribution < -0.4 is 17.1 Å². The number of methoxy groups -OCH3 is 2. The largest absolute Gasteiger partial charge is 0.468 e. The van der Waals surface area contributed by atoms with Crippen LogP contribution in [0.4, 0.5) is 0 Å². The summed E-state index contributed by atoms with van der Waals surface area (Å²) in [5.74, 6) is -2.04. The second-order valence-electron chi connectivity index (χ2n) is 7.53. The average Bonchev–Trinajstić information content (AvgIpc) is 2.92. The minimum Gasteiger partial charge on any atom is -0.468 e. The maximum absolute atomic E-state index is 12.4. The lowest BCUT2D eigenvalue weighted by Gasteiger charge is -2.12. The van der Waals surface area contributed by atoms with Gasteiger partial charge in [-0.15, -0.1) is 0 Å². The fourth-order valence-electron chi connectivity index (χ4n) is 2.19. The van der Waals surface area contributed by atoms with E-state index in [-0.39, 0.29) is 36.7 Å². The van der Waals surface area contributed by atoms with Gasteiger partial charge in [0.05, 0.1) is 26.4 Å². The highest BCUT2D eigenvalue weighted by molar-refractivity contribution is 8.77. The van der Waals surface area contributed by atoms with E-state index in [4.69, 9.17) is 9.84 Å². The van der Waals surface area contributed by atoms with Gasteiger partial charge in [-0.2, -0.15) is 0 Å². The predicted molar refractivity (Wildman–Crippen MR) is 139 cm³/mol. The Balaban J connectivity index is 0.00000101. The fourth-order valence-corrected chi connectivity index (χ4v) is 3.86. The van der Waals surface area contributed by atoms with Crippen molar-refractivity contribution in [3.8, 4) is 0 Å². The Hall–Kier alpha value is -3.09. The number of hydrogen-bond donors (Lipinski definition) is 2. The summed E-state index contributed by atoms with van der Waals surface area (Å²) in [5.41, 5.74) is -3.32. The van der Waals surface area contributed by atoms with Crippen molar-refractivity contribution in [3.63, 3.8) is 0 Å². The quantitative estimate of drug-likeness (QED) is 0.0993. The predicted octanol–water partition coefficient (Wildman–Crippen LogP) is -2.34. The number of carbonyl (C=O) groups is 4. The van der Waals surface area contributed by atoms with Crippen molar-refractivity contribution in [1.29, 1.82) is 0 Å². The Morgan fingerprint density at radius 3 is 1.54 bits per heavy atom. The molecule has 1 aromatic heterocycles. The molecule has 0 spiro atoms. The molecule has 0 fully saturated rings. The van der Waals surface area contributed by atoms with E-state index in [1.165, 1.54) is 42.7 Å². The highest BCUT2D eigenvalue weighted by Gasteiger charge is 2.19. The molecule has 18 heteroatoms. The van der Waals surface area contributed by atoms with Crippen LogP contribution in [0.3, 0.4) is 0 Å². The van der Waals surface area contributed by atoms with Crippen LogP contribution in [0.5, 0.6) is 0 Å². The Labute approximate surface area is 230 Å². The van der Waals surface area contributed by atoms with E-state index < -0.39 is 54.3 Å². The summed E-state index contributed by atoms with van der Waals surface area (Å²) in [6, 6.07) is 0. The molecule has 0 bridgehead atoms. The van der Waals surface area contributed by atoms with Gasteiger partial charge in [0.25, 0.3) is 0 Å². The van der Waals surface area contributed by atoms with Crippen molar-refractivity contribution in [3.05, 3.63) is 31.5 Å². The lowest BCUT2D eigenvalue weighted by Crippen LogP contribution is -2.55. The van der Waals surface area contributed by atoms with E-state index in [1.807, 2.05) is 0 Å². The highest BCUT2D eigenvalue weighted by Crippen LogP contribution is 2.20. The first-order valence-corrected chi connectivity index (χ1v) is 13.7. The number of rotatable bonds is 14. The van der Waals surface area contributed by atoms with E-state index in [1.54, 1.807) is 6.92 Å². The Bertz CT molecular complexity index is 1130. The number of nitrogens with zero attached hydrogens (tertiary/aromatic N) is 3. The maximum Gasteiger partial charge on any atom is 0.337 e. The van der Waals surface area contributed by atoms with Crippen LogP contribution in [-0.4, -0.2) is 98.9 Å². The van der Waals surface area contributed by atoms with Gasteiger partial charge in [0.2, 0.25) is 0 Å². The summed E-state index contributed by atoms with van der Waals surface area (Å²) in [6.07, 6.45) is -1.48. The van der Waals surface area contributed by atoms with Crippen LogP contribution in [0, 0.1) is 0 Å². The molecule has 0 aromatic carbocycles. The zero-order valence-corrected chi connectivity index (χ0v) is 23.8. The molecule has 0 aliphatic carbocycles. The van der Waals surface area contributed by atoms with Gasteiger partial charge in [-0.1, -0.05) is 28.5 Å². The van der Waals surface area contributed by atoms with Gasteiger partial charge in [0.15, 0.2) is 0 Å². The Kier molecular flexibility index (Phi) is 17.5. The van der Waals surface area contributed by atoms with Crippen molar-refractivity contribution in [2.24, 2.45) is 7.05 Å². The standard InChI is InChI=1S/C15H23N3O9.C6H10O4S2/c1-4-10(20)8-27-12(22)6-18-14(24)16(3)13(23)17(15(18)25)5-11(21)26-7-9(2)19;1-9-5(7)3-11-12-4-6(8)10-2/h9-10,19-20H,4-8H2,1-3H3;3-4H2,1-2H3. The van der Waals surface area contributed by atoms with Crippen molar-refractivity contribution in [1.82, 2.24) is 13.7 Å². The SMILES string of the molecule is CCC(O)COC(=O)Cn1c(=O)n(C)c(=O)n(CC(=O)OCC(C)O)c1=O.COC(=O)CSSCC(=O)OC. The zero-order chi connectivity index (χ0) is 30.1. The van der Waals surface area contributed by atoms with Gasteiger partial charge in [0, 0.05) is 7.05 Å². The molecule has 222 valence electrons. The third kappa shape index (κ3) is 14.0. The Morgan fingerprint density at radius 1 is 0.769 bits per heavy atom. The minimum atomic E-state index is -1.19. The summed E-state index contributed by atoms with van der Waals surface area (Å²) < 4.78 is 19.6. The van der Waals surface area contributed by atoms with Gasteiger partial charge < -0.3 is 29.2 Å². The van der Waals surface area contributed by atoms with Gasteiger partial charge >= 0.3 is 40.9 Å². The van der Waals surface area contributed by atoms with Crippen LogP contribution in [0.2, 0.25) is 0 Å². The van der Waals surface area contributed by atoms with E-state index in [2.05, 4.69) is 14.2 Å². The third-order valence-electron chi connectivity index (χ3n) is 4.36. The number of esters is 4. The molecule has 2 unspecified atom stereocenters. The van der Waals surface area contributed by atoms with E-state index in [0.29, 0.717) is 20.1 Å². The van der Waals surface area contributed by atoms with E-state index in [0.717, 1.165) is 7.05 Å². The van der Waals surface area contributed by atoms with Crippen LogP contribution in [0.15, 0.2) is 14.4 Å². The van der Waals surface area contributed by atoms with Crippen LogP contribution in [0.25, 0.3) is 0 Å². The summed E-state index contributed by atoms with van der Waals surface area (Å²) in [6.45, 7) is 0.799. The molecule has 16 nitrogen and oxygen atoms in total. The first-order chi connectivity index (χ1) is 18.3. The second-order valence-corrected chi connectivity index (χ2v) is 10.00. The molecule has 0 saturated carbocycles. The van der Waals surface area contributed by atoms with Crippen LogP contribution in [-0.2, 0) is 58.3 Å². The highest BCUT2D eigenvalue weighted by atomic mass is 33.1. The zero-order valence-electron chi connectivity index (χ0n) is 22.1. The molecule has 0 radical (unpaired) electrons. The lowest BCUT2D eigenvalue weighted by molar-refractivity contribution is -0.147. The molecule has 2 atom stereocenters. The van der Waals surface area contributed by atoms with Crippen molar-refractivity contribution < 1.29 is 48.3 Å². The van der Waals surface area contributed by atoms with Gasteiger partial charge in [-0.05, 0) is 13.3 Å². The van der Waals surface area contributed by atoms with Crippen molar-refractivity contribution >= 4 is 45.5 Å². The minimum absolute atomic E-state index is 0.248. The van der Waals surface area contributed by atoms with Crippen molar-refractivity contribution in [2.45, 2.75) is 45.6 Å². The third-order valence-corrected chi connectivity index (χ3v) is 6.44. The summed E-state index contributed by atoms with van der Waals surface area (Å²) >= 11 is 0. The molecule has 2 N–H and O–H groups in total. The summed E-state index contributed by atoms with van der Waals surface area (Å²) in [5, 5.41) is 18.5. The molecule has 1 rings (SSSR count). The Morgan fingerprint density at radius 2 is 1.18 bits per heavy atom. The lowest BCUT2D eigenvalue weighted by atomic mass is 10.3. The van der Waals surface area contributed by atoms with Crippen molar-refractivity contribution in [2.75, 3.05) is 38.9 Å². The van der Waals surface area contributed by atoms with Crippen LogP contribution in [0.1, 0.15) is 20.3 Å². The molecule has 0 amide bonds.